The van der Waals surface area contributed by atoms with Crippen LogP contribution < -0.4 is 5.32 Å². The maximum atomic E-state index is 3.57. The molecule has 1 aromatic rings. The molecule has 0 aliphatic carbocycles. The molecule has 1 aliphatic heterocycles. The van der Waals surface area contributed by atoms with Gasteiger partial charge in [-0.1, -0.05) is 17.7 Å². The zero-order chi connectivity index (χ0) is 10.1. The van der Waals surface area contributed by atoms with Crippen LogP contribution in [0.5, 0.6) is 0 Å². The fraction of sp³-hybridized carbons (Fsp3) is 0.538. The van der Waals surface area contributed by atoms with E-state index < -0.39 is 0 Å². The molecule has 15 heavy (non-hydrogen) atoms. The van der Waals surface area contributed by atoms with Crippen molar-refractivity contribution >= 4 is 12.4 Å². The number of nitrogens with one attached hydrogen (secondary N) is 1. The minimum absolute atomic E-state index is 0. The second-order valence-electron chi connectivity index (χ2n) is 4.46. The third-order valence-electron chi connectivity index (χ3n) is 3.15. The highest BCUT2D eigenvalue weighted by atomic mass is 35.5. The molecule has 0 spiro atoms. The lowest BCUT2D eigenvalue weighted by molar-refractivity contribution is 0.639. The average molecular weight is 226 g/mol. The van der Waals surface area contributed by atoms with Gasteiger partial charge in [0.25, 0.3) is 0 Å². The monoisotopic (exact) mass is 225 g/mol. The lowest BCUT2D eigenvalue weighted by atomic mass is 9.93. The van der Waals surface area contributed by atoms with Crippen molar-refractivity contribution in [3.05, 3.63) is 34.4 Å². The van der Waals surface area contributed by atoms with Gasteiger partial charge in [0.15, 0.2) is 0 Å². The second-order valence-corrected chi connectivity index (χ2v) is 4.46. The van der Waals surface area contributed by atoms with E-state index in [4.69, 9.17) is 0 Å². The standard InChI is InChI=1S/C13H19N.ClH/c1-9-7-10(2)13(11(3)8-9)12-5-4-6-14-12;/h7-8,12,14H,4-6H2,1-3H3;1H/t12-;/m0./s1. The van der Waals surface area contributed by atoms with E-state index in [2.05, 4.69) is 38.2 Å². The van der Waals surface area contributed by atoms with Crippen molar-refractivity contribution in [2.75, 3.05) is 6.54 Å². The van der Waals surface area contributed by atoms with Gasteiger partial charge in [-0.2, -0.15) is 0 Å². The van der Waals surface area contributed by atoms with Gasteiger partial charge in [-0.3, -0.25) is 0 Å². The minimum atomic E-state index is 0. The minimum Gasteiger partial charge on any atom is -0.310 e. The highest BCUT2D eigenvalue weighted by Gasteiger charge is 2.19. The molecule has 1 N–H and O–H groups in total. The van der Waals surface area contributed by atoms with Gasteiger partial charge in [0.1, 0.15) is 0 Å². The molecule has 1 saturated heterocycles. The summed E-state index contributed by atoms with van der Waals surface area (Å²) in [6.45, 7) is 7.81. The van der Waals surface area contributed by atoms with Crippen molar-refractivity contribution in [1.29, 1.82) is 0 Å². The summed E-state index contributed by atoms with van der Waals surface area (Å²) in [7, 11) is 0. The van der Waals surface area contributed by atoms with Gasteiger partial charge in [-0.05, 0) is 56.8 Å². The molecule has 1 fully saturated rings. The van der Waals surface area contributed by atoms with Gasteiger partial charge in [0.2, 0.25) is 0 Å². The van der Waals surface area contributed by atoms with Crippen LogP contribution in [0.15, 0.2) is 12.1 Å². The van der Waals surface area contributed by atoms with Crippen molar-refractivity contribution in [2.45, 2.75) is 39.7 Å². The predicted molar refractivity (Wildman–Crippen MR) is 67.9 cm³/mol. The lowest BCUT2D eigenvalue weighted by Gasteiger charge is -2.17. The van der Waals surface area contributed by atoms with Crippen LogP contribution in [0, 0.1) is 20.8 Å². The molecule has 2 heteroatoms. The molecule has 0 radical (unpaired) electrons. The third kappa shape index (κ3) is 2.53. The van der Waals surface area contributed by atoms with Gasteiger partial charge in [-0.25, -0.2) is 0 Å². The van der Waals surface area contributed by atoms with Gasteiger partial charge < -0.3 is 5.32 Å². The summed E-state index contributed by atoms with van der Waals surface area (Å²) < 4.78 is 0. The Morgan fingerprint density at radius 1 is 1.13 bits per heavy atom. The van der Waals surface area contributed by atoms with E-state index in [0.29, 0.717) is 6.04 Å². The molecule has 2 rings (SSSR count). The molecule has 0 aromatic heterocycles. The highest BCUT2D eigenvalue weighted by molar-refractivity contribution is 5.85. The number of hydrogen-bond donors (Lipinski definition) is 1. The molecule has 1 aliphatic rings. The maximum absolute atomic E-state index is 3.57. The summed E-state index contributed by atoms with van der Waals surface area (Å²) in [6, 6.07) is 5.20. The van der Waals surface area contributed by atoms with Gasteiger partial charge in [0.05, 0.1) is 0 Å². The van der Waals surface area contributed by atoms with Crippen LogP contribution in [0.2, 0.25) is 0 Å². The Balaban J connectivity index is 0.00000112. The predicted octanol–water partition coefficient (Wildman–Crippen LogP) is 3.46. The van der Waals surface area contributed by atoms with Crippen molar-refractivity contribution in [3.8, 4) is 0 Å². The molecule has 0 bridgehead atoms. The van der Waals surface area contributed by atoms with Crippen LogP contribution in [0.4, 0.5) is 0 Å². The van der Waals surface area contributed by atoms with Gasteiger partial charge in [0, 0.05) is 6.04 Å². The van der Waals surface area contributed by atoms with Crippen molar-refractivity contribution in [1.82, 2.24) is 5.32 Å². The Labute approximate surface area is 98.7 Å². The van der Waals surface area contributed by atoms with Crippen LogP contribution in [0.1, 0.15) is 41.1 Å². The highest BCUT2D eigenvalue weighted by Crippen LogP contribution is 2.29. The third-order valence-corrected chi connectivity index (χ3v) is 3.15. The summed E-state index contributed by atoms with van der Waals surface area (Å²) in [6.07, 6.45) is 2.61. The van der Waals surface area contributed by atoms with E-state index in [1.165, 1.54) is 41.6 Å². The number of rotatable bonds is 1. The van der Waals surface area contributed by atoms with Gasteiger partial charge in [-0.15, -0.1) is 12.4 Å². The van der Waals surface area contributed by atoms with E-state index in [9.17, 15) is 0 Å². The van der Waals surface area contributed by atoms with Gasteiger partial charge >= 0.3 is 0 Å². The Morgan fingerprint density at radius 3 is 2.20 bits per heavy atom. The van der Waals surface area contributed by atoms with Crippen LogP contribution in [-0.2, 0) is 0 Å². The van der Waals surface area contributed by atoms with E-state index in [1.807, 2.05) is 0 Å². The number of benzene rings is 1. The Hall–Kier alpha value is -0.530. The molecule has 84 valence electrons. The molecule has 0 amide bonds. The number of aryl methyl sites for hydroxylation is 3. The SMILES string of the molecule is Cc1cc(C)c([C@@H]2CCCN2)c(C)c1.Cl. The van der Waals surface area contributed by atoms with E-state index in [0.717, 1.165) is 0 Å². The normalized spacial score (nSPS) is 20.1. The summed E-state index contributed by atoms with van der Waals surface area (Å²) in [5.74, 6) is 0. The average Bonchev–Trinajstić information content (AvgIpc) is 2.54. The molecule has 1 heterocycles. The molecule has 1 nitrogen and oxygen atoms in total. The maximum Gasteiger partial charge on any atom is 0.0325 e. The van der Waals surface area contributed by atoms with Crippen LogP contribution in [0.25, 0.3) is 0 Å². The number of halogens is 1. The molecule has 0 unspecified atom stereocenters. The fourth-order valence-electron chi connectivity index (χ4n) is 2.67. The Morgan fingerprint density at radius 2 is 1.73 bits per heavy atom. The van der Waals surface area contributed by atoms with E-state index in [1.54, 1.807) is 0 Å². The van der Waals surface area contributed by atoms with Crippen molar-refractivity contribution in [2.24, 2.45) is 0 Å². The van der Waals surface area contributed by atoms with Crippen LogP contribution in [0.3, 0.4) is 0 Å². The summed E-state index contributed by atoms with van der Waals surface area (Å²) in [5, 5.41) is 3.57. The Bertz CT molecular complexity index is 317. The Kier molecular flexibility index (Phi) is 4.18. The first kappa shape index (κ1) is 12.5. The first-order valence-electron chi connectivity index (χ1n) is 5.49. The van der Waals surface area contributed by atoms with Crippen LogP contribution in [-0.4, -0.2) is 6.54 Å². The molecule has 1 atom stereocenters. The molecule has 0 saturated carbocycles. The number of hydrogen-bond acceptors (Lipinski definition) is 1. The molecular formula is C13H20ClN. The molecule has 1 aromatic carbocycles. The van der Waals surface area contributed by atoms with E-state index >= 15 is 0 Å². The zero-order valence-electron chi connectivity index (χ0n) is 9.76. The largest absolute Gasteiger partial charge is 0.310 e. The van der Waals surface area contributed by atoms with Crippen molar-refractivity contribution in [3.63, 3.8) is 0 Å². The second kappa shape index (κ2) is 5.00. The van der Waals surface area contributed by atoms with E-state index in [-0.39, 0.29) is 12.4 Å². The quantitative estimate of drug-likeness (QED) is 0.772. The lowest BCUT2D eigenvalue weighted by Crippen LogP contribution is -2.15. The summed E-state index contributed by atoms with van der Waals surface area (Å²) in [4.78, 5) is 0. The topological polar surface area (TPSA) is 12.0 Å². The smallest absolute Gasteiger partial charge is 0.0325 e. The molecular weight excluding hydrogens is 206 g/mol. The summed E-state index contributed by atoms with van der Waals surface area (Å²) in [5.41, 5.74) is 5.80. The van der Waals surface area contributed by atoms with Crippen LogP contribution >= 0.6 is 12.4 Å². The first-order valence-corrected chi connectivity index (χ1v) is 5.49. The zero-order valence-corrected chi connectivity index (χ0v) is 10.6. The summed E-state index contributed by atoms with van der Waals surface area (Å²) >= 11 is 0. The van der Waals surface area contributed by atoms with Crippen molar-refractivity contribution < 1.29 is 0 Å². The first-order chi connectivity index (χ1) is 6.68. The fourth-order valence-corrected chi connectivity index (χ4v) is 2.67.